The van der Waals surface area contributed by atoms with Gasteiger partial charge in [0.05, 0.1) is 5.69 Å². The van der Waals surface area contributed by atoms with Crippen LogP contribution in [0.5, 0.6) is 5.75 Å². The van der Waals surface area contributed by atoms with Gasteiger partial charge in [0.15, 0.2) is 6.61 Å². The van der Waals surface area contributed by atoms with Crippen molar-refractivity contribution >= 4 is 51.5 Å². The molecule has 0 saturated carbocycles. The second kappa shape index (κ2) is 8.05. The summed E-state index contributed by atoms with van der Waals surface area (Å²) in [5, 5.41) is 10.9. The number of rotatable bonds is 5. The van der Waals surface area contributed by atoms with Gasteiger partial charge in [-0.3, -0.25) is 14.9 Å². The third kappa shape index (κ3) is 4.09. The number of carboxylic acids is 1. The number of hydrogen-bond donors (Lipinski definition) is 2. The first-order chi connectivity index (χ1) is 13.4. The number of halogens is 1. The molecule has 142 valence electrons. The number of carboxylic acid groups (broad SMARTS) is 1. The van der Waals surface area contributed by atoms with Crippen LogP contribution in [0.2, 0.25) is 0 Å². The zero-order valence-corrected chi connectivity index (χ0v) is 15.8. The molecule has 1 fully saturated rings. The molecular formula is C19H13BrN2O6. The van der Waals surface area contributed by atoms with Gasteiger partial charge in [0.2, 0.25) is 0 Å². The van der Waals surface area contributed by atoms with Crippen LogP contribution in [-0.2, 0) is 14.4 Å². The number of benzene rings is 2. The Labute approximate surface area is 167 Å². The molecule has 0 bridgehead atoms. The van der Waals surface area contributed by atoms with E-state index >= 15 is 0 Å². The average Bonchev–Trinajstić information content (AvgIpc) is 2.65. The highest BCUT2D eigenvalue weighted by molar-refractivity contribution is 9.10. The first-order valence-electron chi connectivity index (χ1n) is 7.97. The third-order valence-electron chi connectivity index (χ3n) is 3.74. The molecule has 2 aromatic rings. The van der Waals surface area contributed by atoms with Crippen LogP contribution < -0.4 is 15.0 Å². The molecule has 1 aliphatic rings. The van der Waals surface area contributed by atoms with Crippen LogP contribution in [0.3, 0.4) is 0 Å². The van der Waals surface area contributed by atoms with Crippen LogP contribution in [-0.4, -0.2) is 35.5 Å². The standard InChI is InChI=1S/C19H13BrN2O6/c20-12-6-7-15(28-10-16(23)24)11(8-12)9-14-17(25)21-19(27)22(18(14)26)13-4-2-1-3-5-13/h1-9H,10H2,(H,23,24)(H,21,25,27)/b14-9+. The van der Waals surface area contributed by atoms with Crippen LogP contribution in [0.15, 0.2) is 58.6 Å². The number of amides is 4. The van der Waals surface area contributed by atoms with Gasteiger partial charge in [-0.1, -0.05) is 34.1 Å². The van der Waals surface area contributed by atoms with Crippen LogP contribution in [0.1, 0.15) is 5.56 Å². The predicted octanol–water partition coefficient (Wildman–Crippen LogP) is 2.58. The van der Waals surface area contributed by atoms with E-state index in [1.807, 2.05) is 0 Å². The van der Waals surface area contributed by atoms with E-state index in [0.717, 1.165) is 4.90 Å². The van der Waals surface area contributed by atoms with E-state index in [-0.39, 0.29) is 11.3 Å². The highest BCUT2D eigenvalue weighted by Crippen LogP contribution is 2.28. The van der Waals surface area contributed by atoms with Crippen LogP contribution in [0.25, 0.3) is 6.08 Å². The quantitative estimate of drug-likeness (QED) is 0.541. The minimum absolute atomic E-state index is 0.168. The fourth-order valence-corrected chi connectivity index (χ4v) is 2.91. The van der Waals surface area contributed by atoms with Gasteiger partial charge in [-0.15, -0.1) is 0 Å². The third-order valence-corrected chi connectivity index (χ3v) is 4.23. The molecular weight excluding hydrogens is 432 g/mol. The van der Waals surface area contributed by atoms with Gasteiger partial charge in [0, 0.05) is 10.0 Å². The van der Waals surface area contributed by atoms with Crippen molar-refractivity contribution in [1.29, 1.82) is 0 Å². The number of nitrogens with one attached hydrogen (secondary N) is 1. The van der Waals surface area contributed by atoms with Gasteiger partial charge in [-0.2, -0.15) is 0 Å². The summed E-state index contributed by atoms with van der Waals surface area (Å²) in [4.78, 5) is 48.9. The Morgan fingerprint density at radius 2 is 1.86 bits per heavy atom. The lowest BCUT2D eigenvalue weighted by molar-refractivity contribution is -0.139. The van der Waals surface area contributed by atoms with Crippen LogP contribution in [0, 0.1) is 0 Å². The van der Waals surface area contributed by atoms with E-state index in [0.29, 0.717) is 15.7 Å². The lowest BCUT2D eigenvalue weighted by atomic mass is 10.1. The van der Waals surface area contributed by atoms with E-state index in [1.54, 1.807) is 42.5 Å². The van der Waals surface area contributed by atoms with Gasteiger partial charge >= 0.3 is 12.0 Å². The summed E-state index contributed by atoms with van der Waals surface area (Å²) in [7, 11) is 0. The number of hydrogen-bond acceptors (Lipinski definition) is 5. The first-order valence-corrected chi connectivity index (χ1v) is 8.77. The minimum atomic E-state index is -1.17. The van der Waals surface area contributed by atoms with Gasteiger partial charge in [0.25, 0.3) is 11.8 Å². The normalized spacial score (nSPS) is 15.5. The Bertz CT molecular complexity index is 1000. The summed E-state index contributed by atoms with van der Waals surface area (Å²) in [6.45, 7) is -0.591. The topological polar surface area (TPSA) is 113 Å². The van der Waals surface area contributed by atoms with Crippen molar-refractivity contribution < 1.29 is 29.0 Å². The van der Waals surface area contributed by atoms with E-state index in [4.69, 9.17) is 9.84 Å². The van der Waals surface area contributed by atoms with E-state index in [9.17, 15) is 19.2 Å². The van der Waals surface area contributed by atoms with Crippen molar-refractivity contribution in [2.75, 3.05) is 11.5 Å². The van der Waals surface area contributed by atoms with E-state index < -0.39 is 30.4 Å². The largest absolute Gasteiger partial charge is 0.481 e. The Balaban J connectivity index is 2.02. The van der Waals surface area contributed by atoms with Gasteiger partial charge in [-0.25, -0.2) is 14.5 Å². The Kier molecular flexibility index (Phi) is 5.55. The second-order valence-corrected chi connectivity index (χ2v) is 6.57. The van der Waals surface area contributed by atoms with E-state index in [2.05, 4.69) is 21.2 Å². The Morgan fingerprint density at radius 1 is 1.14 bits per heavy atom. The van der Waals surface area contributed by atoms with Crippen LogP contribution in [0.4, 0.5) is 10.5 Å². The maximum absolute atomic E-state index is 12.8. The predicted molar refractivity (Wildman–Crippen MR) is 103 cm³/mol. The van der Waals surface area contributed by atoms with E-state index in [1.165, 1.54) is 12.1 Å². The number of imide groups is 2. The summed E-state index contributed by atoms with van der Waals surface area (Å²) < 4.78 is 5.84. The molecule has 1 aliphatic heterocycles. The number of carbonyl (C=O) groups is 4. The average molecular weight is 445 g/mol. The number of nitrogens with zero attached hydrogens (tertiary/aromatic N) is 1. The number of para-hydroxylation sites is 1. The summed E-state index contributed by atoms with van der Waals surface area (Å²) in [5.74, 6) is -2.66. The second-order valence-electron chi connectivity index (χ2n) is 5.66. The fraction of sp³-hybridized carbons (Fsp3) is 0.0526. The molecule has 2 aromatic carbocycles. The number of barbiturate groups is 1. The monoisotopic (exact) mass is 444 g/mol. The molecule has 4 amide bonds. The maximum Gasteiger partial charge on any atom is 0.341 e. The molecule has 0 spiro atoms. The highest BCUT2D eigenvalue weighted by Gasteiger charge is 2.36. The smallest absolute Gasteiger partial charge is 0.341 e. The maximum atomic E-state index is 12.8. The van der Waals surface area contributed by atoms with Crippen LogP contribution >= 0.6 is 15.9 Å². The molecule has 28 heavy (non-hydrogen) atoms. The van der Waals surface area contributed by atoms with Gasteiger partial charge in [0.1, 0.15) is 11.3 Å². The zero-order valence-electron chi connectivity index (χ0n) is 14.2. The highest BCUT2D eigenvalue weighted by atomic mass is 79.9. The van der Waals surface area contributed by atoms with Crippen molar-refractivity contribution in [3.63, 3.8) is 0 Å². The molecule has 8 nitrogen and oxygen atoms in total. The van der Waals surface area contributed by atoms with Crippen molar-refractivity contribution in [3.05, 3.63) is 64.1 Å². The molecule has 3 rings (SSSR count). The molecule has 9 heteroatoms. The molecule has 1 saturated heterocycles. The summed E-state index contributed by atoms with van der Waals surface area (Å²) >= 11 is 3.28. The van der Waals surface area contributed by atoms with Gasteiger partial charge in [-0.05, 0) is 36.4 Å². The Morgan fingerprint density at radius 3 is 2.54 bits per heavy atom. The lowest BCUT2D eigenvalue weighted by Crippen LogP contribution is -2.54. The SMILES string of the molecule is O=C(O)COc1ccc(Br)cc1/C=C1\C(=O)NC(=O)N(c2ccccc2)C1=O. The van der Waals surface area contributed by atoms with Crippen molar-refractivity contribution in [2.24, 2.45) is 0 Å². The molecule has 1 heterocycles. The molecule has 0 aromatic heterocycles. The number of anilines is 1. The van der Waals surface area contributed by atoms with Gasteiger partial charge < -0.3 is 9.84 Å². The first kappa shape index (κ1) is 19.3. The van der Waals surface area contributed by atoms with Crippen molar-refractivity contribution in [3.8, 4) is 5.75 Å². The molecule has 0 aliphatic carbocycles. The number of ether oxygens (including phenoxy) is 1. The summed E-state index contributed by atoms with van der Waals surface area (Å²) in [6, 6.07) is 12.0. The number of urea groups is 1. The lowest BCUT2D eigenvalue weighted by Gasteiger charge is -2.26. The van der Waals surface area contributed by atoms with Crippen molar-refractivity contribution in [1.82, 2.24) is 5.32 Å². The molecule has 0 radical (unpaired) electrons. The molecule has 0 atom stereocenters. The summed E-state index contributed by atoms with van der Waals surface area (Å²) in [6.07, 6.45) is 1.25. The minimum Gasteiger partial charge on any atom is -0.481 e. The summed E-state index contributed by atoms with van der Waals surface area (Å²) in [5.41, 5.74) is 0.318. The molecule has 2 N–H and O–H groups in total. The number of carbonyl (C=O) groups excluding carboxylic acids is 3. The Hall–Kier alpha value is -3.46. The fourth-order valence-electron chi connectivity index (χ4n) is 2.53. The number of aliphatic carboxylic acids is 1. The molecule has 0 unspecified atom stereocenters. The zero-order chi connectivity index (χ0) is 20.3. The van der Waals surface area contributed by atoms with Crippen molar-refractivity contribution in [2.45, 2.75) is 0 Å².